The van der Waals surface area contributed by atoms with Crippen molar-refractivity contribution in [2.75, 3.05) is 12.9 Å². The second-order valence-corrected chi connectivity index (χ2v) is 6.27. The first-order chi connectivity index (χ1) is 8.43. The van der Waals surface area contributed by atoms with Gasteiger partial charge >= 0.3 is 5.97 Å². The van der Waals surface area contributed by atoms with Crippen LogP contribution in [0.2, 0.25) is 0 Å². The van der Waals surface area contributed by atoms with E-state index in [-0.39, 0.29) is 0 Å². The van der Waals surface area contributed by atoms with Gasteiger partial charge in [0, 0.05) is 0 Å². The molecular weight excluding hydrogens is 256 g/mol. The molecule has 0 atom stereocenters. The number of carbonyl (C=O) groups is 1. The van der Waals surface area contributed by atoms with Crippen molar-refractivity contribution < 1.29 is 17.9 Å². The number of esters is 1. The summed E-state index contributed by atoms with van der Waals surface area (Å²) in [5.74, 6) is -1.57. The molecule has 102 valence electrons. The van der Waals surface area contributed by atoms with Gasteiger partial charge in [-0.2, -0.15) is 9.98 Å². The predicted molar refractivity (Wildman–Crippen MR) is 65.0 cm³/mol. The van der Waals surface area contributed by atoms with Crippen molar-refractivity contribution in [3.8, 4) is 6.07 Å². The molecule has 0 spiro atoms. The van der Waals surface area contributed by atoms with Gasteiger partial charge in [-0.15, -0.1) is 0 Å². The van der Waals surface area contributed by atoms with E-state index in [0.29, 0.717) is 12.8 Å². The molecule has 1 aliphatic carbocycles. The van der Waals surface area contributed by atoms with Gasteiger partial charge in [-0.25, -0.2) is 8.42 Å². The first kappa shape index (κ1) is 14.9. The Hall–Kier alpha value is -1.13. The molecule has 0 bridgehead atoms. The lowest BCUT2D eigenvalue weighted by atomic mass is 9.94. The third-order valence-corrected chi connectivity index (χ3v) is 4.38. The lowest BCUT2D eigenvalue weighted by Gasteiger charge is -2.25. The van der Waals surface area contributed by atoms with Crippen LogP contribution in [0.25, 0.3) is 0 Å². The maximum Gasteiger partial charge on any atom is 0.322 e. The quantitative estimate of drug-likeness (QED) is 0.601. The third-order valence-electron chi connectivity index (χ3n) is 3.06. The molecular formula is C11H18N2O4S. The van der Waals surface area contributed by atoms with E-state index in [4.69, 9.17) is 0 Å². The van der Waals surface area contributed by atoms with Crippen LogP contribution in [0.5, 0.6) is 0 Å². The van der Waals surface area contributed by atoms with Gasteiger partial charge < -0.3 is 4.74 Å². The van der Waals surface area contributed by atoms with Crippen molar-refractivity contribution in [2.45, 2.75) is 44.1 Å². The van der Waals surface area contributed by atoms with Crippen molar-refractivity contribution in [2.24, 2.45) is 0 Å². The van der Waals surface area contributed by atoms with Crippen LogP contribution in [0.4, 0.5) is 0 Å². The van der Waals surface area contributed by atoms with Gasteiger partial charge in [0.15, 0.2) is 5.75 Å². The highest BCUT2D eigenvalue weighted by atomic mass is 32.2. The minimum atomic E-state index is -3.83. The van der Waals surface area contributed by atoms with E-state index in [0.717, 1.165) is 32.8 Å². The normalized spacial score (nSPS) is 19.6. The first-order valence-corrected chi connectivity index (χ1v) is 7.58. The number of nitriles is 1. The minimum absolute atomic E-state index is 0.490. The Bertz CT molecular complexity index is 430. The summed E-state index contributed by atoms with van der Waals surface area (Å²) in [6.07, 6.45) is 4.61. The molecule has 0 radical (unpaired) electrons. The van der Waals surface area contributed by atoms with E-state index in [2.05, 4.69) is 15.5 Å². The Labute approximate surface area is 107 Å². The molecule has 0 aromatic carbocycles. The topological polar surface area (TPSA) is 96.3 Å². The Balaban J connectivity index is 2.78. The van der Waals surface area contributed by atoms with Crippen LogP contribution in [0, 0.1) is 11.3 Å². The van der Waals surface area contributed by atoms with Gasteiger partial charge in [0.2, 0.25) is 10.0 Å². The zero-order chi connectivity index (χ0) is 13.6. The fourth-order valence-electron chi connectivity index (χ4n) is 2.12. The average molecular weight is 274 g/mol. The van der Waals surface area contributed by atoms with E-state index in [1.807, 2.05) is 0 Å². The van der Waals surface area contributed by atoms with Crippen LogP contribution in [-0.4, -0.2) is 32.8 Å². The van der Waals surface area contributed by atoms with Crippen molar-refractivity contribution >= 4 is 16.0 Å². The summed E-state index contributed by atoms with van der Waals surface area (Å²) in [6, 6.07) is 2.06. The van der Waals surface area contributed by atoms with Crippen molar-refractivity contribution in [3.05, 3.63) is 0 Å². The number of sulfonamides is 1. The first-order valence-electron chi connectivity index (χ1n) is 5.93. The number of hydrogen-bond donors (Lipinski definition) is 1. The minimum Gasteiger partial charge on any atom is -0.468 e. The van der Waals surface area contributed by atoms with Gasteiger partial charge in [0.25, 0.3) is 0 Å². The summed E-state index contributed by atoms with van der Waals surface area (Å²) in [4.78, 5) is 11.0. The zero-order valence-corrected chi connectivity index (χ0v) is 11.3. The molecule has 1 aliphatic rings. The lowest BCUT2D eigenvalue weighted by molar-refractivity contribution is -0.137. The molecule has 0 aromatic rings. The van der Waals surface area contributed by atoms with E-state index in [9.17, 15) is 18.5 Å². The molecule has 0 aliphatic heterocycles. The third kappa shape index (κ3) is 4.27. The highest BCUT2D eigenvalue weighted by Crippen LogP contribution is 2.27. The Kier molecular flexibility index (Phi) is 5.11. The number of ether oxygens (including phenoxy) is 1. The monoisotopic (exact) mass is 274 g/mol. The van der Waals surface area contributed by atoms with Gasteiger partial charge in [-0.3, -0.25) is 4.79 Å². The zero-order valence-electron chi connectivity index (χ0n) is 10.4. The van der Waals surface area contributed by atoms with Gasteiger partial charge in [0.1, 0.15) is 5.54 Å². The largest absolute Gasteiger partial charge is 0.468 e. The van der Waals surface area contributed by atoms with Crippen LogP contribution in [0.15, 0.2) is 0 Å². The SMILES string of the molecule is COC(=O)CS(=O)(=O)NC1(C#N)CCCCCC1. The number of methoxy groups -OCH3 is 1. The van der Waals surface area contributed by atoms with Gasteiger partial charge in [0.05, 0.1) is 13.2 Å². The molecule has 1 N–H and O–H groups in total. The molecule has 6 nitrogen and oxygen atoms in total. The van der Waals surface area contributed by atoms with Crippen LogP contribution >= 0.6 is 0 Å². The number of nitrogens with zero attached hydrogens (tertiary/aromatic N) is 1. The Morgan fingerprint density at radius 1 is 1.33 bits per heavy atom. The molecule has 0 amide bonds. The molecule has 1 fully saturated rings. The summed E-state index contributed by atoms with van der Waals surface area (Å²) in [7, 11) is -2.70. The fourth-order valence-corrected chi connectivity index (χ4v) is 3.46. The maximum absolute atomic E-state index is 11.8. The van der Waals surface area contributed by atoms with Crippen molar-refractivity contribution in [1.29, 1.82) is 5.26 Å². The van der Waals surface area contributed by atoms with E-state index < -0.39 is 27.3 Å². The van der Waals surface area contributed by atoms with E-state index >= 15 is 0 Å². The predicted octanol–water partition coefficient (Wildman–Crippen LogP) is 0.695. The Morgan fingerprint density at radius 3 is 2.33 bits per heavy atom. The van der Waals surface area contributed by atoms with Crippen LogP contribution in [0.1, 0.15) is 38.5 Å². The fraction of sp³-hybridized carbons (Fsp3) is 0.818. The number of carbonyl (C=O) groups excluding carboxylic acids is 1. The highest BCUT2D eigenvalue weighted by Gasteiger charge is 2.35. The molecule has 0 saturated heterocycles. The van der Waals surface area contributed by atoms with Gasteiger partial charge in [-0.1, -0.05) is 25.7 Å². The van der Waals surface area contributed by atoms with Crippen LogP contribution < -0.4 is 4.72 Å². The standard InChI is InChI=1S/C11H18N2O4S/c1-17-10(14)8-18(15,16)13-11(9-12)6-4-2-3-5-7-11/h13H,2-8H2,1H3. The van der Waals surface area contributed by atoms with Crippen molar-refractivity contribution in [3.63, 3.8) is 0 Å². The van der Waals surface area contributed by atoms with Crippen LogP contribution in [0.3, 0.4) is 0 Å². The second kappa shape index (κ2) is 6.16. The molecule has 0 aromatic heterocycles. The molecule has 1 rings (SSSR count). The lowest BCUT2D eigenvalue weighted by Crippen LogP contribution is -2.48. The van der Waals surface area contributed by atoms with E-state index in [1.54, 1.807) is 0 Å². The number of rotatable bonds is 4. The number of hydrogen-bond acceptors (Lipinski definition) is 5. The summed E-state index contributed by atoms with van der Waals surface area (Å²) >= 11 is 0. The molecule has 0 heterocycles. The Morgan fingerprint density at radius 2 is 1.89 bits per heavy atom. The van der Waals surface area contributed by atoms with Crippen LogP contribution in [-0.2, 0) is 19.6 Å². The molecule has 7 heteroatoms. The molecule has 18 heavy (non-hydrogen) atoms. The molecule has 0 unspecified atom stereocenters. The summed E-state index contributed by atoms with van der Waals surface area (Å²) in [6.45, 7) is 0. The number of nitrogens with one attached hydrogen (secondary N) is 1. The van der Waals surface area contributed by atoms with Gasteiger partial charge in [-0.05, 0) is 12.8 Å². The maximum atomic E-state index is 11.8. The smallest absolute Gasteiger partial charge is 0.322 e. The average Bonchev–Trinajstić information content (AvgIpc) is 2.54. The summed E-state index contributed by atoms with van der Waals surface area (Å²) in [5, 5.41) is 9.23. The second-order valence-electron chi connectivity index (χ2n) is 4.55. The summed E-state index contributed by atoms with van der Waals surface area (Å²) in [5.41, 5.74) is -1.07. The van der Waals surface area contributed by atoms with Crippen molar-refractivity contribution in [1.82, 2.24) is 4.72 Å². The molecule has 1 saturated carbocycles. The van der Waals surface area contributed by atoms with E-state index in [1.165, 1.54) is 0 Å². The summed E-state index contributed by atoms with van der Waals surface area (Å²) < 4.78 is 30.3. The highest BCUT2D eigenvalue weighted by molar-refractivity contribution is 7.90.